The van der Waals surface area contributed by atoms with Crippen molar-refractivity contribution in [3.05, 3.63) is 46.6 Å². The first-order valence-electron chi connectivity index (χ1n) is 5.26. The van der Waals surface area contributed by atoms with Crippen LogP contribution in [0, 0.1) is 0 Å². The zero-order valence-corrected chi connectivity index (χ0v) is 9.88. The summed E-state index contributed by atoms with van der Waals surface area (Å²) in [5.74, 6) is 0.731. The number of benzene rings is 1. The van der Waals surface area contributed by atoms with Crippen LogP contribution in [0.1, 0.15) is 5.56 Å². The topological polar surface area (TPSA) is 62.2 Å². The summed E-state index contributed by atoms with van der Waals surface area (Å²) in [4.78, 5) is 11.7. The van der Waals surface area contributed by atoms with Gasteiger partial charge in [0.15, 0.2) is 0 Å². The van der Waals surface area contributed by atoms with Crippen LogP contribution in [0.15, 0.2) is 35.4 Å². The number of nitrogen functional groups attached to an aromatic ring is 1. The molecule has 0 aliphatic heterocycles. The highest BCUT2D eigenvalue weighted by molar-refractivity contribution is 5.47. The number of nitrogens with zero attached hydrogens (tertiary/aromatic N) is 2. The number of imidazole rings is 1. The fourth-order valence-electron chi connectivity index (χ4n) is 1.74. The molecular formula is C12H15N3O2. The quantitative estimate of drug-likeness (QED) is 0.798. The number of nitrogens with two attached hydrogens (primary N) is 1. The fourth-order valence-corrected chi connectivity index (χ4v) is 1.74. The van der Waals surface area contributed by atoms with Crippen molar-refractivity contribution >= 4 is 5.69 Å². The van der Waals surface area contributed by atoms with Crippen LogP contribution in [-0.4, -0.2) is 16.2 Å². The Balaban J connectivity index is 2.38. The zero-order valence-electron chi connectivity index (χ0n) is 9.88. The third-order valence-electron chi connectivity index (χ3n) is 2.66. The Bertz CT molecular complexity index is 584. The second kappa shape index (κ2) is 4.37. The molecule has 0 saturated carbocycles. The van der Waals surface area contributed by atoms with Crippen molar-refractivity contribution < 1.29 is 4.74 Å². The molecule has 0 atom stereocenters. The SMILES string of the molecule is COc1ccc(N)cc1Cn1ccn(C)c1=O. The Morgan fingerprint density at radius 1 is 1.35 bits per heavy atom. The number of methoxy groups -OCH3 is 1. The molecule has 0 bridgehead atoms. The van der Waals surface area contributed by atoms with Crippen molar-refractivity contribution in [1.82, 2.24) is 9.13 Å². The van der Waals surface area contributed by atoms with E-state index in [1.54, 1.807) is 43.3 Å². The first kappa shape index (κ1) is 11.3. The van der Waals surface area contributed by atoms with Gasteiger partial charge in [-0.05, 0) is 18.2 Å². The number of rotatable bonds is 3. The lowest BCUT2D eigenvalue weighted by molar-refractivity contribution is 0.408. The van der Waals surface area contributed by atoms with Crippen LogP contribution in [0.2, 0.25) is 0 Å². The molecule has 5 nitrogen and oxygen atoms in total. The van der Waals surface area contributed by atoms with Crippen molar-refractivity contribution in [1.29, 1.82) is 0 Å². The van der Waals surface area contributed by atoms with Gasteiger partial charge in [-0.2, -0.15) is 0 Å². The molecule has 0 aliphatic rings. The first-order chi connectivity index (χ1) is 8.11. The van der Waals surface area contributed by atoms with Crippen molar-refractivity contribution in [2.45, 2.75) is 6.54 Å². The first-order valence-corrected chi connectivity index (χ1v) is 5.26. The third kappa shape index (κ3) is 2.18. The number of aromatic nitrogens is 2. The largest absolute Gasteiger partial charge is 0.496 e. The second-order valence-corrected chi connectivity index (χ2v) is 3.89. The Morgan fingerprint density at radius 3 is 2.71 bits per heavy atom. The summed E-state index contributed by atoms with van der Waals surface area (Å²) in [5.41, 5.74) is 7.22. The van der Waals surface area contributed by atoms with E-state index in [1.807, 2.05) is 6.07 Å². The van der Waals surface area contributed by atoms with E-state index >= 15 is 0 Å². The molecule has 5 heteroatoms. The minimum absolute atomic E-state index is 0.0607. The number of anilines is 1. The van der Waals surface area contributed by atoms with Crippen molar-refractivity contribution in [2.24, 2.45) is 7.05 Å². The van der Waals surface area contributed by atoms with E-state index in [9.17, 15) is 4.79 Å². The minimum Gasteiger partial charge on any atom is -0.496 e. The average molecular weight is 233 g/mol. The lowest BCUT2D eigenvalue weighted by Gasteiger charge is -2.09. The third-order valence-corrected chi connectivity index (χ3v) is 2.66. The van der Waals surface area contributed by atoms with E-state index in [-0.39, 0.29) is 5.69 Å². The molecule has 0 radical (unpaired) electrons. The Labute approximate surface area is 99.0 Å². The van der Waals surface area contributed by atoms with Gasteiger partial charge in [0.1, 0.15) is 5.75 Å². The summed E-state index contributed by atoms with van der Waals surface area (Å²) in [6.07, 6.45) is 3.46. The van der Waals surface area contributed by atoms with Gasteiger partial charge in [0, 0.05) is 30.7 Å². The van der Waals surface area contributed by atoms with Gasteiger partial charge in [-0.3, -0.25) is 4.57 Å². The monoisotopic (exact) mass is 233 g/mol. The van der Waals surface area contributed by atoms with Gasteiger partial charge in [-0.25, -0.2) is 4.79 Å². The predicted octanol–water partition coefficient (Wildman–Crippen LogP) is 0.826. The number of aryl methyl sites for hydroxylation is 1. The molecule has 2 aromatic rings. The van der Waals surface area contributed by atoms with Gasteiger partial charge in [0.2, 0.25) is 0 Å². The maximum atomic E-state index is 11.7. The van der Waals surface area contributed by atoms with Gasteiger partial charge in [0.25, 0.3) is 0 Å². The van der Waals surface area contributed by atoms with Crippen molar-refractivity contribution in [3.63, 3.8) is 0 Å². The van der Waals surface area contributed by atoms with Gasteiger partial charge in [-0.15, -0.1) is 0 Å². The maximum absolute atomic E-state index is 11.7. The summed E-state index contributed by atoms with van der Waals surface area (Å²) in [7, 11) is 3.32. The van der Waals surface area contributed by atoms with E-state index < -0.39 is 0 Å². The molecule has 17 heavy (non-hydrogen) atoms. The molecular weight excluding hydrogens is 218 g/mol. The predicted molar refractivity (Wildman–Crippen MR) is 66.2 cm³/mol. The maximum Gasteiger partial charge on any atom is 0.328 e. The molecule has 0 saturated heterocycles. The summed E-state index contributed by atoms with van der Waals surface area (Å²) >= 11 is 0. The van der Waals surface area contributed by atoms with E-state index in [1.165, 1.54) is 4.57 Å². The van der Waals surface area contributed by atoms with Crippen LogP contribution in [0.25, 0.3) is 0 Å². The molecule has 1 aromatic heterocycles. The van der Waals surface area contributed by atoms with Gasteiger partial charge >= 0.3 is 5.69 Å². The van der Waals surface area contributed by atoms with Crippen molar-refractivity contribution in [3.8, 4) is 5.75 Å². The van der Waals surface area contributed by atoms with Crippen LogP contribution in [0.4, 0.5) is 5.69 Å². The number of hydrogen-bond donors (Lipinski definition) is 1. The van der Waals surface area contributed by atoms with Gasteiger partial charge in [0.05, 0.1) is 13.7 Å². The lowest BCUT2D eigenvalue weighted by atomic mass is 10.2. The molecule has 0 unspecified atom stereocenters. The molecule has 1 heterocycles. The van der Waals surface area contributed by atoms with E-state index in [0.29, 0.717) is 12.2 Å². The van der Waals surface area contributed by atoms with Crippen LogP contribution >= 0.6 is 0 Å². The zero-order chi connectivity index (χ0) is 12.4. The lowest BCUT2D eigenvalue weighted by Crippen LogP contribution is -2.22. The van der Waals surface area contributed by atoms with E-state index in [0.717, 1.165) is 11.3 Å². The van der Waals surface area contributed by atoms with Crippen LogP contribution in [0.3, 0.4) is 0 Å². The normalized spacial score (nSPS) is 10.5. The molecule has 0 spiro atoms. The molecule has 0 fully saturated rings. The standard InChI is InChI=1S/C12H15N3O2/c1-14-5-6-15(12(14)16)8-9-7-10(13)3-4-11(9)17-2/h3-7H,8,13H2,1-2H3. The summed E-state index contributed by atoms with van der Waals surface area (Å²) in [5, 5.41) is 0. The van der Waals surface area contributed by atoms with Crippen LogP contribution < -0.4 is 16.2 Å². The fraction of sp³-hybridized carbons (Fsp3) is 0.250. The molecule has 2 N–H and O–H groups in total. The highest BCUT2D eigenvalue weighted by Gasteiger charge is 2.06. The summed E-state index contributed by atoms with van der Waals surface area (Å²) in [6.45, 7) is 0.452. The smallest absolute Gasteiger partial charge is 0.328 e. The number of ether oxygens (including phenoxy) is 1. The van der Waals surface area contributed by atoms with Crippen LogP contribution in [-0.2, 0) is 13.6 Å². The van der Waals surface area contributed by atoms with Crippen molar-refractivity contribution in [2.75, 3.05) is 12.8 Å². The highest BCUT2D eigenvalue weighted by atomic mass is 16.5. The summed E-state index contributed by atoms with van der Waals surface area (Å²) in [6, 6.07) is 5.40. The minimum atomic E-state index is -0.0607. The van der Waals surface area contributed by atoms with E-state index in [4.69, 9.17) is 10.5 Å². The highest BCUT2D eigenvalue weighted by Crippen LogP contribution is 2.21. The molecule has 1 aromatic carbocycles. The van der Waals surface area contributed by atoms with Gasteiger partial charge in [-0.1, -0.05) is 0 Å². The summed E-state index contributed by atoms with van der Waals surface area (Å²) < 4.78 is 8.38. The average Bonchev–Trinajstić information content (AvgIpc) is 2.61. The number of hydrogen-bond acceptors (Lipinski definition) is 3. The molecule has 0 amide bonds. The molecule has 0 aliphatic carbocycles. The Kier molecular flexibility index (Phi) is 2.91. The molecule has 90 valence electrons. The van der Waals surface area contributed by atoms with Gasteiger partial charge < -0.3 is 15.0 Å². The van der Waals surface area contributed by atoms with E-state index in [2.05, 4.69) is 0 Å². The second-order valence-electron chi connectivity index (χ2n) is 3.89. The Morgan fingerprint density at radius 2 is 2.12 bits per heavy atom. The molecule has 2 rings (SSSR count). The van der Waals surface area contributed by atoms with Crippen LogP contribution in [0.5, 0.6) is 5.75 Å². The Hall–Kier alpha value is -2.17.